The Bertz CT molecular complexity index is 1100. The highest BCUT2D eigenvalue weighted by molar-refractivity contribution is 5.81. The predicted octanol–water partition coefficient (Wildman–Crippen LogP) is 4.34. The minimum atomic E-state index is 0.212. The van der Waals surface area contributed by atoms with Gasteiger partial charge in [-0.3, -0.25) is 0 Å². The molecule has 0 saturated heterocycles. The molecule has 0 aliphatic heterocycles. The van der Waals surface area contributed by atoms with Crippen molar-refractivity contribution < 1.29 is 5.11 Å². The number of fused-ring (bicyclic) bond motifs is 1. The van der Waals surface area contributed by atoms with Crippen LogP contribution in [0.4, 0.5) is 17.5 Å². The van der Waals surface area contributed by atoms with Gasteiger partial charge in [-0.15, -0.1) is 0 Å². The lowest BCUT2D eigenvalue weighted by atomic mass is 10.1. The fourth-order valence-corrected chi connectivity index (χ4v) is 3.06. The van der Waals surface area contributed by atoms with Gasteiger partial charge in [0.05, 0.1) is 11.7 Å². The first-order chi connectivity index (χ1) is 13.1. The molecule has 0 aliphatic carbocycles. The second-order valence-corrected chi connectivity index (χ2v) is 6.57. The number of hydrogen-bond acceptors (Lipinski definition) is 5. The monoisotopic (exact) mass is 359 g/mol. The largest absolute Gasteiger partial charge is 0.508 e. The van der Waals surface area contributed by atoms with Crippen molar-refractivity contribution in [1.29, 1.82) is 0 Å². The van der Waals surface area contributed by atoms with Gasteiger partial charge in [0.15, 0.2) is 0 Å². The number of pyridine rings is 1. The van der Waals surface area contributed by atoms with E-state index in [1.165, 1.54) is 11.1 Å². The Labute approximate surface area is 157 Å². The molecule has 0 unspecified atom stereocenters. The lowest BCUT2D eigenvalue weighted by Crippen LogP contribution is -2.05. The van der Waals surface area contributed by atoms with Crippen molar-refractivity contribution in [1.82, 2.24) is 14.5 Å². The normalized spacial score (nSPS) is 10.9. The summed E-state index contributed by atoms with van der Waals surface area (Å²) in [7, 11) is 1.98. The molecule has 0 saturated carbocycles. The maximum atomic E-state index is 9.60. The third-order valence-corrected chi connectivity index (χ3v) is 4.42. The van der Waals surface area contributed by atoms with Crippen LogP contribution < -0.4 is 10.6 Å². The summed E-state index contributed by atoms with van der Waals surface area (Å²) >= 11 is 0. The number of imidazole rings is 1. The average molecular weight is 359 g/mol. The van der Waals surface area contributed by atoms with Crippen LogP contribution in [0.5, 0.6) is 5.75 Å². The average Bonchev–Trinajstić information content (AvgIpc) is 2.96. The molecule has 6 heteroatoms. The van der Waals surface area contributed by atoms with Crippen LogP contribution in [0.15, 0.2) is 60.8 Å². The minimum Gasteiger partial charge on any atom is -0.508 e. The van der Waals surface area contributed by atoms with E-state index < -0.39 is 0 Å². The number of nitrogens with one attached hydrogen (secondary N) is 2. The number of phenols is 1. The molecule has 2 heterocycles. The van der Waals surface area contributed by atoms with Crippen molar-refractivity contribution in [2.75, 3.05) is 10.6 Å². The number of benzene rings is 2. The van der Waals surface area contributed by atoms with Crippen LogP contribution in [0.25, 0.3) is 11.0 Å². The molecule has 0 radical (unpaired) electrons. The number of phenolic OH excluding ortho intramolecular Hbond substituents is 1. The summed E-state index contributed by atoms with van der Waals surface area (Å²) in [4.78, 5) is 9.05. The molecule has 0 aliphatic rings. The Morgan fingerprint density at radius 3 is 2.74 bits per heavy atom. The lowest BCUT2D eigenvalue weighted by Gasteiger charge is -2.08. The molecule has 2 aromatic carbocycles. The molecule has 6 nitrogen and oxygen atoms in total. The first-order valence-corrected chi connectivity index (χ1v) is 8.76. The zero-order valence-electron chi connectivity index (χ0n) is 15.3. The SMILES string of the molecule is Cc1cccc(CNc2nc3cnc(Nc4cccc(O)c4)cc3n2C)c1. The minimum absolute atomic E-state index is 0.212. The van der Waals surface area contributed by atoms with Gasteiger partial charge in [0.1, 0.15) is 17.1 Å². The molecule has 0 amide bonds. The highest BCUT2D eigenvalue weighted by Gasteiger charge is 2.09. The number of aryl methyl sites for hydroxylation is 2. The third kappa shape index (κ3) is 3.69. The Balaban J connectivity index is 1.56. The number of rotatable bonds is 5. The van der Waals surface area contributed by atoms with Crippen LogP contribution in [0.3, 0.4) is 0 Å². The van der Waals surface area contributed by atoms with Crippen molar-refractivity contribution >= 4 is 28.5 Å². The molecule has 0 atom stereocenters. The van der Waals surface area contributed by atoms with E-state index >= 15 is 0 Å². The molecule has 0 fully saturated rings. The van der Waals surface area contributed by atoms with Gasteiger partial charge in [0.25, 0.3) is 0 Å². The predicted molar refractivity (Wildman–Crippen MR) is 108 cm³/mol. The summed E-state index contributed by atoms with van der Waals surface area (Å²) in [6, 6.07) is 17.3. The van der Waals surface area contributed by atoms with E-state index in [1.54, 1.807) is 24.4 Å². The summed E-state index contributed by atoms with van der Waals surface area (Å²) in [5.74, 6) is 1.70. The topological polar surface area (TPSA) is 75.0 Å². The Kier molecular flexibility index (Phi) is 4.38. The van der Waals surface area contributed by atoms with Gasteiger partial charge in [-0.25, -0.2) is 9.97 Å². The van der Waals surface area contributed by atoms with Gasteiger partial charge in [0, 0.05) is 31.4 Å². The van der Waals surface area contributed by atoms with Crippen LogP contribution in [0.1, 0.15) is 11.1 Å². The van der Waals surface area contributed by atoms with Crippen LogP contribution >= 0.6 is 0 Å². The van der Waals surface area contributed by atoms with Gasteiger partial charge in [-0.05, 0) is 24.6 Å². The van der Waals surface area contributed by atoms with Gasteiger partial charge >= 0.3 is 0 Å². The summed E-state index contributed by atoms with van der Waals surface area (Å²) in [6.45, 7) is 2.80. The fraction of sp³-hybridized carbons (Fsp3) is 0.143. The zero-order chi connectivity index (χ0) is 18.8. The second kappa shape index (κ2) is 6.99. The molecule has 0 bridgehead atoms. The van der Waals surface area contributed by atoms with Gasteiger partial charge in [-0.2, -0.15) is 0 Å². The molecular weight excluding hydrogens is 338 g/mol. The van der Waals surface area contributed by atoms with E-state index in [2.05, 4.69) is 51.8 Å². The molecule has 4 rings (SSSR count). The molecular formula is C21H21N5O. The molecule has 0 spiro atoms. The number of nitrogens with zero attached hydrogens (tertiary/aromatic N) is 3. The van der Waals surface area contributed by atoms with Crippen LogP contribution in [0.2, 0.25) is 0 Å². The number of anilines is 3. The summed E-state index contributed by atoms with van der Waals surface area (Å²) in [5.41, 5.74) is 5.03. The van der Waals surface area contributed by atoms with Gasteiger partial charge in [-0.1, -0.05) is 35.9 Å². The molecule has 2 aromatic heterocycles. The van der Waals surface area contributed by atoms with Crippen molar-refractivity contribution in [3.8, 4) is 5.75 Å². The van der Waals surface area contributed by atoms with Crippen molar-refractivity contribution in [2.24, 2.45) is 7.05 Å². The maximum Gasteiger partial charge on any atom is 0.203 e. The van der Waals surface area contributed by atoms with Crippen molar-refractivity contribution in [3.63, 3.8) is 0 Å². The van der Waals surface area contributed by atoms with Crippen molar-refractivity contribution in [2.45, 2.75) is 13.5 Å². The smallest absolute Gasteiger partial charge is 0.203 e. The van der Waals surface area contributed by atoms with E-state index in [1.807, 2.05) is 23.7 Å². The fourth-order valence-electron chi connectivity index (χ4n) is 3.06. The summed E-state index contributed by atoms with van der Waals surface area (Å²) in [6.07, 6.45) is 1.75. The van der Waals surface area contributed by atoms with Crippen LogP contribution in [-0.2, 0) is 13.6 Å². The highest BCUT2D eigenvalue weighted by Crippen LogP contribution is 2.24. The first-order valence-electron chi connectivity index (χ1n) is 8.76. The third-order valence-electron chi connectivity index (χ3n) is 4.42. The Morgan fingerprint density at radius 2 is 1.93 bits per heavy atom. The highest BCUT2D eigenvalue weighted by atomic mass is 16.3. The number of aromatic hydroxyl groups is 1. The van der Waals surface area contributed by atoms with Crippen molar-refractivity contribution in [3.05, 3.63) is 71.9 Å². The zero-order valence-corrected chi connectivity index (χ0v) is 15.3. The van der Waals surface area contributed by atoms with Gasteiger partial charge in [0.2, 0.25) is 5.95 Å². The molecule has 3 N–H and O–H groups in total. The number of hydrogen-bond donors (Lipinski definition) is 3. The van der Waals surface area contributed by atoms with Crippen LogP contribution in [0, 0.1) is 6.92 Å². The van der Waals surface area contributed by atoms with E-state index in [0.29, 0.717) is 12.4 Å². The summed E-state index contributed by atoms with van der Waals surface area (Å²) < 4.78 is 2.01. The van der Waals surface area contributed by atoms with Crippen LogP contribution in [-0.4, -0.2) is 19.6 Å². The second-order valence-electron chi connectivity index (χ2n) is 6.57. The first kappa shape index (κ1) is 16.9. The van der Waals surface area contributed by atoms with E-state index in [9.17, 15) is 5.11 Å². The molecule has 27 heavy (non-hydrogen) atoms. The molecule has 136 valence electrons. The maximum absolute atomic E-state index is 9.60. The lowest BCUT2D eigenvalue weighted by molar-refractivity contribution is 0.475. The van der Waals surface area contributed by atoms with E-state index in [4.69, 9.17) is 0 Å². The quantitative estimate of drug-likeness (QED) is 0.494. The van der Waals surface area contributed by atoms with Gasteiger partial charge < -0.3 is 20.3 Å². The Morgan fingerprint density at radius 1 is 1.07 bits per heavy atom. The standard InChI is InChI=1S/C21H21N5O/c1-14-5-3-6-15(9-14)12-23-21-25-18-13-22-20(11-19(18)26(21)2)24-16-7-4-8-17(27)10-16/h3-11,13,27H,12H2,1-2H3,(H,22,24)(H,23,25). The Hall–Kier alpha value is -3.54. The molecule has 4 aromatic rings. The number of aromatic nitrogens is 3. The summed E-state index contributed by atoms with van der Waals surface area (Å²) in [5, 5.41) is 16.2. The van der Waals surface area contributed by atoms with E-state index in [-0.39, 0.29) is 5.75 Å². The van der Waals surface area contributed by atoms with E-state index in [0.717, 1.165) is 22.7 Å².